The molecule has 3 unspecified atom stereocenters. The Bertz CT molecular complexity index is 1670. The molecule has 0 saturated carbocycles. The van der Waals surface area contributed by atoms with Crippen LogP contribution in [0.3, 0.4) is 0 Å². The number of hydrogen-bond donors (Lipinski definition) is 3. The van der Waals surface area contributed by atoms with Crippen LogP contribution in [-0.2, 0) is 65.4 Å². The minimum Gasteiger partial charge on any atom is -0.462 e. The van der Waals surface area contributed by atoms with E-state index in [-0.39, 0.29) is 25.7 Å². The highest BCUT2D eigenvalue weighted by Gasteiger charge is 2.30. The van der Waals surface area contributed by atoms with Crippen molar-refractivity contribution >= 4 is 39.5 Å². The van der Waals surface area contributed by atoms with E-state index in [2.05, 4.69) is 34.6 Å². The fourth-order valence-electron chi connectivity index (χ4n) is 10.1. The zero-order valence-electron chi connectivity index (χ0n) is 55.4. The van der Waals surface area contributed by atoms with Crippen molar-refractivity contribution in [3.05, 3.63) is 0 Å². The SMILES string of the molecule is CCCCCCCCCCCCCCCC(=O)O[C@H](COC(=O)CCCCCCCCCCC(C)CC)COP(=O)(O)OC[C@@H](O)COP(=O)(O)OC[C@@H](COC(=O)CCCCCCCCCCCC)OC(=O)CCCCCCCCCCCCC. The van der Waals surface area contributed by atoms with Gasteiger partial charge in [0.05, 0.1) is 26.4 Å². The molecule has 0 aromatic heterocycles. The second kappa shape index (κ2) is 60.6. The molecule has 0 amide bonds. The van der Waals surface area contributed by atoms with Gasteiger partial charge in [-0.15, -0.1) is 0 Å². The first-order valence-electron chi connectivity index (χ1n) is 35.2. The molecule has 6 atom stereocenters. The lowest BCUT2D eigenvalue weighted by Crippen LogP contribution is -2.30. The number of carbonyl (C=O) groups excluding carboxylic acids is 4. The van der Waals surface area contributed by atoms with Gasteiger partial charge in [0.2, 0.25) is 0 Å². The summed E-state index contributed by atoms with van der Waals surface area (Å²) in [6.45, 7) is 7.22. The summed E-state index contributed by atoms with van der Waals surface area (Å²) in [6, 6.07) is 0. The highest BCUT2D eigenvalue weighted by molar-refractivity contribution is 7.47. The Hall–Kier alpha value is -1.94. The average molecular weight is 1270 g/mol. The summed E-state index contributed by atoms with van der Waals surface area (Å²) >= 11 is 0. The van der Waals surface area contributed by atoms with Gasteiger partial charge in [0.25, 0.3) is 0 Å². The zero-order valence-corrected chi connectivity index (χ0v) is 57.2. The molecule has 0 radical (unpaired) electrons. The van der Waals surface area contributed by atoms with Gasteiger partial charge in [-0.2, -0.15) is 0 Å². The highest BCUT2D eigenvalue weighted by atomic mass is 31.2. The fourth-order valence-corrected chi connectivity index (χ4v) is 11.7. The number of carbonyl (C=O) groups is 4. The van der Waals surface area contributed by atoms with Crippen molar-refractivity contribution in [3.8, 4) is 0 Å². The molecule has 0 saturated heterocycles. The van der Waals surface area contributed by atoms with E-state index < -0.39 is 97.5 Å². The molecule has 510 valence electrons. The van der Waals surface area contributed by atoms with Crippen molar-refractivity contribution < 1.29 is 80.2 Å². The molecular formula is C67H130O17P2. The van der Waals surface area contributed by atoms with E-state index in [0.29, 0.717) is 25.7 Å². The first kappa shape index (κ1) is 84.1. The molecule has 19 heteroatoms. The minimum atomic E-state index is -4.95. The van der Waals surface area contributed by atoms with E-state index in [1.165, 1.54) is 167 Å². The Morgan fingerprint density at radius 2 is 0.558 bits per heavy atom. The molecule has 0 fully saturated rings. The van der Waals surface area contributed by atoms with Crippen LogP contribution in [0.1, 0.15) is 343 Å². The van der Waals surface area contributed by atoms with E-state index in [4.69, 9.17) is 37.0 Å². The smallest absolute Gasteiger partial charge is 0.462 e. The number of unbranched alkanes of at least 4 members (excludes halogenated alkanes) is 38. The molecule has 0 spiro atoms. The Morgan fingerprint density at radius 1 is 0.326 bits per heavy atom. The zero-order chi connectivity index (χ0) is 63.5. The van der Waals surface area contributed by atoms with Gasteiger partial charge < -0.3 is 33.8 Å². The van der Waals surface area contributed by atoms with Crippen LogP contribution < -0.4 is 0 Å². The van der Waals surface area contributed by atoms with Crippen LogP contribution in [0.15, 0.2) is 0 Å². The molecule has 0 rings (SSSR count). The second-order valence-corrected chi connectivity index (χ2v) is 27.4. The highest BCUT2D eigenvalue weighted by Crippen LogP contribution is 2.45. The lowest BCUT2D eigenvalue weighted by molar-refractivity contribution is -0.161. The number of aliphatic hydroxyl groups excluding tert-OH is 1. The van der Waals surface area contributed by atoms with Gasteiger partial charge in [-0.25, -0.2) is 9.13 Å². The topological polar surface area (TPSA) is 237 Å². The number of esters is 4. The maximum Gasteiger partial charge on any atom is 0.472 e. The molecule has 0 aromatic carbocycles. The number of hydrogen-bond acceptors (Lipinski definition) is 15. The van der Waals surface area contributed by atoms with Gasteiger partial charge >= 0.3 is 39.5 Å². The summed E-state index contributed by atoms with van der Waals surface area (Å²) in [5.74, 6) is -1.35. The number of ether oxygens (including phenoxy) is 4. The molecule has 0 aliphatic heterocycles. The second-order valence-electron chi connectivity index (χ2n) is 24.5. The first-order chi connectivity index (χ1) is 41.6. The summed E-state index contributed by atoms with van der Waals surface area (Å²) in [5, 5.41) is 10.6. The Kier molecular flexibility index (Phi) is 59.2. The molecule has 17 nitrogen and oxygen atoms in total. The number of phosphoric ester groups is 2. The summed E-state index contributed by atoms with van der Waals surface area (Å²) in [4.78, 5) is 72.4. The van der Waals surface area contributed by atoms with Crippen LogP contribution >= 0.6 is 15.6 Å². The van der Waals surface area contributed by atoms with Gasteiger partial charge in [0.1, 0.15) is 19.3 Å². The van der Waals surface area contributed by atoms with Crippen molar-refractivity contribution in [2.24, 2.45) is 5.92 Å². The average Bonchev–Trinajstić information content (AvgIpc) is 3.62. The third kappa shape index (κ3) is 59.7. The van der Waals surface area contributed by atoms with E-state index in [1.54, 1.807) is 0 Å². The van der Waals surface area contributed by atoms with Gasteiger partial charge in [0.15, 0.2) is 12.2 Å². The monoisotopic (exact) mass is 1270 g/mol. The largest absolute Gasteiger partial charge is 0.472 e. The van der Waals surface area contributed by atoms with E-state index in [1.807, 2.05) is 0 Å². The fraction of sp³-hybridized carbons (Fsp3) is 0.940. The summed E-state index contributed by atoms with van der Waals surface area (Å²) in [5.41, 5.74) is 0. The standard InChI is InChI=1S/C67H130O17P2/c1-6-10-13-16-19-22-25-26-28-31-38-43-48-53-67(72)84-63(57-78-65(70)51-46-41-36-33-32-34-39-44-49-60(5)9-4)59-82-86(75,76)80-55-61(68)54-79-85(73,74)81-58-62(56-77-64(69)50-45-40-35-29-24-21-18-15-12-8-3)83-66(71)52-47-42-37-30-27-23-20-17-14-11-7-2/h60-63,68H,6-59H2,1-5H3,(H,73,74)(H,75,76)/t60?,61-,62+,63+/m0/s1. The molecule has 3 N–H and O–H groups in total. The summed E-state index contributed by atoms with van der Waals surface area (Å²) < 4.78 is 68.1. The number of aliphatic hydroxyl groups is 1. The van der Waals surface area contributed by atoms with Crippen molar-refractivity contribution in [2.45, 2.75) is 361 Å². The Balaban J connectivity index is 5.25. The predicted octanol–water partition coefficient (Wildman–Crippen LogP) is 19.0. The first-order valence-corrected chi connectivity index (χ1v) is 38.2. The van der Waals surface area contributed by atoms with Crippen LogP contribution in [0.5, 0.6) is 0 Å². The quantitative estimate of drug-likeness (QED) is 0.0222. The molecule has 0 aliphatic carbocycles. The van der Waals surface area contributed by atoms with E-state index >= 15 is 0 Å². The van der Waals surface area contributed by atoms with Gasteiger partial charge in [-0.05, 0) is 31.6 Å². The van der Waals surface area contributed by atoms with E-state index in [0.717, 1.165) is 95.8 Å². The molecule has 0 bridgehead atoms. The summed E-state index contributed by atoms with van der Waals surface area (Å²) in [7, 11) is -9.89. The van der Waals surface area contributed by atoms with Crippen molar-refractivity contribution in [2.75, 3.05) is 39.6 Å². The van der Waals surface area contributed by atoms with E-state index in [9.17, 15) is 43.2 Å². The molecule has 86 heavy (non-hydrogen) atoms. The third-order valence-electron chi connectivity index (χ3n) is 15.9. The summed E-state index contributed by atoms with van der Waals surface area (Å²) in [6.07, 6.45) is 45.6. The maximum absolute atomic E-state index is 13.0. The predicted molar refractivity (Wildman–Crippen MR) is 345 cm³/mol. The molecule has 0 aromatic rings. The Morgan fingerprint density at radius 3 is 0.826 bits per heavy atom. The van der Waals surface area contributed by atoms with Crippen LogP contribution in [-0.4, -0.2) is 96.7 Å². The number of rotatable bonds is 67. The third-order valence-corrected chi connectivity index (χ3v) is 17.8. The molecular weight excluding hydrogens is 1140 g/mol. The maximum atomic E-state index is 13.0. The van der Waals surface area contributed by atoms with Crippen molar-refractivity contribution in [3.63, 3.8) is 0 Å². The molecule has 0 heterocycles. The van der Waals surface area contributed by atoms with Gasteiger partial charge in [-0.1, -0.05) is 291 Å². The Labute approximate surface area is 524 Å². The normalized spacial score (nSPS) is 14.5. The van der Waals surface area contributed by atoms with Gasteiger partial charge in [0, 0.05) is 25.7 Å². The van der Waals surface area contributed by atoms with Crippen LogP contribution in [0.4, 0.5) is 0 Å². The molecule has 0 aliphatic rings. The van der Waals surface area contributed by atoms with Crippen LogP contribution in [0.2, 0.25) is 0 Å². The minimum absolute atomic E-state index is 0.107. The van der Waals surface area contributed by atoms with Crippen LogP contribution in [0, 0.1) is 5.92 Å². The lowest BCUT2D eigenvalue weighted by Gasteiger charge is -2.21. The lowest BCUT2D eigenvalue weighted by atomic mass is 9.99. The van der Waals surface area contributed by atoms with Crippen molar-refractivity contribution in [1.29, 1.82) is 0 Å². The van der Waals surface area contributed by atoms with Crippen LogP contribution in [0.25, 0.3) is 0 Å². The van der Waals surface area contributed by atoms with Crippen molar-refractivity contribution in [1.82, 2.24) is 0 Å². The van der Waals surface area contributed by atoms with Gasteiger partial charge in [-0.3, -0.25) is 37.3 Å². The number of phosphoric acid groups is 2.